The largest absolute Gasteiger partial charge is 0.465 e. The zero-order chi connectivity index (χ0) is 21.6. The number of piperidine rings is 1. The molecule has 1 unspecified atom stereocenters. The second-order valence-electron chi connectivity index (χ2n) is 7.72. The molecule has 2 aliphatic heterocycles. The Kier molecular flexibility index (Phi) is 5.40. The average molecular weight is 451 g/mol. The number of aromatic nitrogens is 1. The lowest BCUT2D eigenvalue weighted by Gasteiger charge is -2.38. The van der Waals surface area contributed by atoms with E-state index in [1.54, 1.807) is 18.4 Å². The fraction of sp³-hybridized carbons (Fsp3) is 0.476. The molecule has 0 saturated carbocycles. The molecular weight excluding hydrogens is 428 g/mol. The van der Waals surface area contributed by atoms with Crippen molar-refractivity contribution in [3.05, 3.63) is 38.3 Å². The van der Waals surface area contributed by atoms with Crippen LogP contribution in [0.25, 0.3) is 0 Å². The van der Waals surface area contributed by atoms with E-state index in [1.165, 1.54) is 18.4 Å². The number of aryl methyl sites for hydroxylation is 1. The van der Waals surface area contributed by atoms with Gasteiger partial charge in [-0.2, -0.15) is 0 Å². The van der Waals surface area contributed by atoms with Gasteiger partial charge in [0.15, 0.2) is 11.5 Å². The SMILES string of the molecule is COC(=O)c1cc(Cl)c2c(c1C)OC(C)(C1CCN(C(=O)c3csc(C)n3)CC1)O2. The van der Waals surface area contributed by atoms with Crippen molar-refractivity contribution in [2.24, 2.45) is 5.92 Å². The number of ether oxygens (including phenoxy) is 3. The van der Waals surface area contributed by atoms with Crippen LogP contribution in [0.4, 0.5) is 0 Å². The first-order valence-electron chi connectivity index (χ1n) is 9.74. The van der Waals surface area contributed by atoms with Crippen LogP contribution in [0.3, 0.4) is 0 Å². The highest BCUT2D eigenvalue weighted by atomic mass is 35.5. The number of methoxy groups -OCH3 is 1. The number of halogens is 1. The Balaban J connectivity index is 1.49. The summed E-state index contributed by atoms with van der Waals surface area (Å²) in [7, 11) is 1.33. The number of hydrogen-bond donors (Lipinski definition) is 0. The first-order chi connectivity index (χ1) is 14.2. The van der Waals surface area contributed by atoms with Gasteiger partial charge >= 0.3 is 5.97 Å². The minimum Gasteiger partial charge on any atom is -0.465 e. The van der Waals surface area contributed by atoms with Crippen LogP contribution in [0.2, 0.25) is 5.02 Å². The highest BCUT2D eigenvalue weighted by molar-refractivity contribution is 7.09. The van der Waals surface area contributed by atoms with Gasteiger partial charge in [-0.1, -0.05) is 11.6 Å². The van der Waals surface area contributed by atoms with E-state index in [0.29, 0.717) is 46.4 Å². The van der Waals surface area contributed by atoms with Gasteiger partial charge in [0, 0.05) is 36.9 Å². The van der Waals surface area contributed by atoms with E-state index < -0.39 is 11.8 Å². The highest BCUT2D eigenvalue weighted by Crippen LogP contribution is 2.51. The van der Waals surface area contributed by atoms with Crippen molar-refractivity contribution in [1.82, 2.24) is 9.88 Å². The molecule has 1 atom stereocenters. The van der Waals surface area contributed by atoms with Gasteiger partial charge < -0.3 is 19.1 Å². The third-order valence-electron chi connectivity index (χ3n) is 5.82. The molecule has 0 radical (unpaired) electrons. The second kappa shape index (κ2) is 7.74. The summed E-state index contributed by atoms with van der Waals surface area (Å²) in [5.41, 5.74) is 1.49. The maximum absolute atomic E-state index is 12.7. The van der Waals surface area contributed by atoms with Gasteiger partial charge in [-0.05, 0) is 32.8 Å². The van der Waals surface area contributed by atoms with E-state index >= 15 is 0 Å². The van der Waals surface area contributed by atoms with Crippen LogP contribution in [0.5, 0.6) is 11.5 Å². The van der Waals surface area contributed by atoms with Gasteiger partial charge in [-0.25, -0.2) is 9.78 Å². The van der Waals surface area contributed by atoms with Crippen molar-refractivity contribution >= 4 is 34.8 Å². The maximum atomic E-state index is 12.7. The van der Waals surface area contributed by atoms with E-state index in [0.717, 1.165) is 17.8 Å². The Morgan fingerprint density at radius 2 is 1.93 bits per heavy atom. The van der Waals surface area contributed by atoms with Crippen LogP contribution >= 0.6 is 22.9 Å². The number of hydrogen-bond acceptors (Lipinski definition) is 7. The van der Waals surface area contributed by atoms with Gasteiger partial charge in [0.25, 0.3) is 11.7 Å². The summed E-state index contributed by atoms with van der Waals surface area (Å²) in [5.74, 6) is -0.455. The molecule has 3 heterocycles. The number of esters is 1. The molecule has 2 aliphatic rings. The second-order valence-corrected chi connectivity index (χ2v) is 9.19. The molecule has 1 aromatic carbocycles. The quantitative estimate of drug-likeness (QED) is 0.651. The number of nitrogens with zero attached hydrogens (tertiary/aromatic N) is 2. The van der Waals surface area contributed by atoms with Crippen LogP contribution in [0, 0.1) is 19.8 Å². The number of rotatable bonds is 3. The Morgan fingerprint density at radius 3 is 2.53 bits per heavy atom. The average Bonchev–Trinajstić information content (AvgIpc) is 3.34. The summed E-state index contributed by atoms with van der Waals surface area (Å²) in [4.78, 5) is 30.8. The number of benzene rings is 1. The number of thiazole rings is 1. The molecular formula is C21H23ClN2O5S. The van der Waals surface area contributed by atoms with Gasteiger partial charge in [-0.3, -0.25) is 4.79 Å². The molecule has 0 aliphatic carbocycles. The van der Waals surface area contributed by atoms with Crippen molar-refractivity contribution in [3.63, 3.8) is 0 Å². The Labute approximate surface area is 183 Å². The fourth-order valence-electron chi connectivity index (χ4n) is 4.06. The zero-order valence-corrected chi connectivity index (χ0v) is 18.9. The minimum atomic E-state index is -0.919. The summed E-state index contributed by atoms with van der Waals surface area (Å²) in [6.45, 7) is 6.75. The molecule has 160 valence electrons. The molecule has 2 aromatic rings. The van der Waals surface area contributed by atoms with Crippen LogP contribution in [0.15, 0.2) is 11.4 Å². The number of fused-ring (bicyclic) bond motifs is 1. The van der Waals surface area contributed by atoms with E-state index in [4.69, 9.17) is 25.8 Å². The van der Waals surface area contributed by atoms with Crippen LogP contribution in [-0.2, 0) is 4.74 Å². The maximum Gasteiger partial charge on any atom is 0.338 e. The van der Waals surface area contributed by atoms with Gasteiger partial charge in [0.2, 0.25) is 0 Å². The smallest absolute Gasteiger partial charge is 0.338 e. The predicted octanol–water partition coefficient (Wildman–Crippen LogP) is 4.24. The molecule has 7 nitrogen and oxygen atoms in total. The first-order valence-corrected chi connectivity index (χ1v) is 11.0. The lowest BCUT2D eigenvalue weighted by atomic mass is 9.89. The Hall–Kier alpha value is -2.32. The lowest BCUT2D eigenvalue weighted by Crippen LogP contribution is -2.49. The minimum absolute atomic E-state index is 0.0406. The molecule has 1 fully saturated rings. The van der Waals surface area contributed by atoms with E-state index in [9.17, 15) is 9.59 Å². The van der Waals surface area contributed by atoms with Crippen LogP contribution in [-0.4, -0.2) is 47.7 Å². The molecule has 0 spiro atoms. The monoisotopic (exact) mass is 450 g/mol. The number of likely N-dealkylation sites (tertiary alicyclic amines) is 1. The van der Waals surface area contributed by atoms with E-state index in [1.807, 2.05) is 18.7 Å². The Bertz CT molecular complexity index is 1020. The third kappa shape index (κ3) is 3.52. The molecule has 1 saturated heterocycles. The van der Waals surface area contributed by atoms with Crippen LogP contribution < -0.4 is 9.47 Å². The van der Waals surface area contributed by atoms with Gasteiger partial charge in [-0.15, -0.1) is 11.3 Å². The Morgan fingerprint density at radius 1 is 1.27 bits per heavy atom. The summed E-state index contributed by atoms with van der Waals surface area (Å²) in [5, 5.41) is 2.99. The molecule has 9 heteroatoms. The van der Waals surface area contributed by atoms with Crippen molar-refractivity contribution in [2.45, 2.75) is 39.4 Å². The molecule has 0 N–H and O–H groups in total. The van der Waals surface area contributed by atoms with Crippen molar-refractivity contribution in [2.75, 3.05) is 20.2 Å². The predicted molar refractivity (Wildman–Crippen MR) is 113 cm³/mol. The zero-order valence-electron chi connectivity index (χ0n) is 17.3. The molecule has 30 heavy (non-hydrogen) atoms. The van der Waals surface area contributed by atoms with Crippen molar-refractivity contribution in [3.8, 4) is 11.5 Å². The van der Waals surface area contributed by atoms with E-state index in [2.05, 4.69) is 4.98 Å². The molecule has 0 bridgehead atoms. The van der Waals surface area contributed by atoms with Crippen LogP contribution in [0.1, 0.15) is 51.2 Å². The summed E-state index contributed by atoms with van der Waals surface area (Å²) in [6, 6.07) is 1.55. The number of amides is 1. The number of carbonyl (C=O) groups is 2. The van der Waals surface area contributed by atoms with Gasteiger partial charge in [0.1, 0.15) is 5.69 Å². The molecule has 4 rings (SSSR count). The number of carbonyl (C=O) groups excluding carboxylic acids is 2. The first kappa shape index (κ1) is 20.9. The standard InChI is InChI=1S/C21H23ClN2O5S/c1-11-14(20(26)27-4)9-15(22)18-17(11)28-21(3,29-18)13-5-7-24(8-6-13)19(25)16-10-30-12(2)23-16/h9-10,13H,5-8H2,1-4H3. The molecule has 1 aromatic heterocycles. The summed E-state index contributed by atoms with van der Waals surface area (Å²) < 4.78 is 17.2. The summed E-state index contributed by atoms with van der Waals surface area (Å²) >= 11 is 7.85. The lowest BCUT2D eigenvalue weighted by molar-refractivity contribution is -0.123. The van der Waals surface area contributed by atoms with Gasteiger partial charge in [0.05, 0.1) is 22.7 Å². The van der Waals surface area contributed by atoms with E-state index in [-0.39, 0.29) is 11.8 Å². The molecule has 1 amide bonds. The topological polar surface area (TPSA) is 78.0 Å². The van der Waals surface area contributed by atoms with Crippen molar-refractivity contribution in [1.29, 1.82) is 0 Å². The fourth-order valence-corrected chi connectivity index (χ4v) is 4.89. The normalized spacial score (nSPS) is 21.0. The highest BCUT2D eigenvalue weighted by Gasteiger charge is 2.47. The van der Waals surface area contributed by atoms with Crippen molar-refractivity contribution < 1.29 is 23.8 Å². The third-order valence-corrected chi connectivity index (χ3v) is 6.87. The summed E-state index contributed by atoms with van der Waals surface area (Å²) in [6.07, 6.45) is 1.44.